The second-order valence-corrected chi connectivity index (χ2v) is 10.0. The molecule has 0 aliphatic rings. The van der Waals surface area contributed by atoms with E-state index >= 15 is 4.39 Å². The van der Waals surface area contributed by atoms with Gasteiger partial charge in [0.05, 0.1) is 16.1 Å². The van der Waals surface area contributed by atoms with Crippen molar-refractivity contribution < 1.29 is 9.31 Å². The lowest BCUT2D eigenvalue weighted by Crippen LogP contribution is -2.38. The Morgan fingerprint density at radius 2 is 1.36 bits per heavy atom. The summed E-state index contributed by atoms with van der Waals surface area (Å²) in [5, 5.41) is 19.3. The molecule has 0 saturated carbocycles. The highest BCUT2D eigenvalue weighted by atomic mass is 32.1. The summed E-state index contributed by atoms with van der Waals surface area (Å²) in [7, 11) is 0. The average molecular weight is 532 g/mol. The first-order valence-electron chi connectivity index (χ1n) is 12.3. The number of hydrogen-bond acceptors (Lipinski definition) is 4. The topological polar surface area (TPSA) is 61.0 Å². The molecule has 39 heavy (non-hydrogen) atoms. The van der Waals surface area contributed by atoms with Gasteiger partial charge in [-0.2, -0.15) is 9.49 Å². The van der Waals surface area contributed by atoms with E-state index in [1.165, 1.54) is 12.1 Å². The highest BCUT2D eigenvalue weighted by molar-refractivity contribution is 7.10. The molecule has 0 spiro atoms. The van der Waals surface area contributed by atoms with Gasteiger partial charge < -0.3 is 0 Å². The summed E-state index contributed by atoms with van der Waals surface area (Å²) in [6, 6.07) is 36.2. The van der Waals surface area contributed by atoms with Crippen LogP contribution in [-0.4, -0.2) is 14.7 Å². The van der Waals surface area contributed by atoms with Crippen molar-refractivity contribution in [2.75, 3.05) is 0 Å². The molecule has 0 atom stereocenters. The fourth-order valence-corrected chi connectivity index (χ4v) is 5.74. The predicted molar refractivity (Wildman–Crippen MR) is 154 cm³/mol. The summed E-state index contributed by atoms with van der Waals surface area (Å²) in [6.07, 6.45) is 3.75. The summed E-state index contributed by atoms with van der Waals surface area (Å²) < 4.78 is 17.1. The minimum atomic E-state index is -1.00. The minimum absolute atomic E-state index is 0.445. The molecule has 6 rings (SSSR count). The maximum atomic E-state index is 15.3. The predicted octanol–water partition coefficient (Wildman–Crippen LogP) is 8.16. The third kappa shape index (κ3) is 4.23. The Balaban J connectivity index is 1.76. The minimum Gasteiger partial charge on any atom is -0.258 e. The summed E-state index contributed by atoms with van der Waals surface area (Å²) in [6.45, 7) is 0. The first-order chi connectivity index (χ1) is 19.1. The molecular formula is C32H22FN3O2S. The lowest BCUT2D eigenvalue weighted by atomic mass is 9.77. The lowest BCUT2D eigenvalue weighted by molar-refractivity contribution is -0.387. The zero-order chi connectivity index (χ0) is 26.8. The van der Waals surface area contributed by atoms with Crippen LogP contribution in [-0.2, 0) is 5.54 Å². The van der Waals surface area contributed by atoms with E-state index in [0.717, 1.165) is 21.6 Å². The molecule has 6 aromatic rings. The Morgan fingerprint density at radius 1 is 0.795 bits per heavy atom. The molecule has 0 saturated heterocycles. The Morgan fingerprint density at radius 3 is 1.85 bits per heavy atom. The van der Waals surface area contributed by atoms with Crippen LogP contribution in [0.5, 0.6) is 0 Å². The van der Waals surface area contributed by atoms with E-state index < -0.39 is 22.0 Å². The van der Waals surface area contributed by atoms with Crippen molar-refractivity contribution in [3.8, 4) is 0 Å². The van der Waals surface area contributed by atoms with Gasteiger partial charge >= 0.3 is 5.69 Å². The van der Waals surface area contributed by atoms with Gasteiger partial charge in [0.15, 0.2) is 0 Å². The summed E-state index contributed by atoms with van der Waals surface area (Å²) in [5.41, 5.74) is 2.12. The Hall–Kier alpha value is -4.88. The van der Waals surface area contributed by atoms with Crippen LogP contribution in [0.15, 0.2) is 121 Å². The van der Waals surface area contributed by atoms with Crippen LogP contribution in [0.3, 0.4) is 0 Å². The second kappa shape index (κ2) is 10.1. The fraction of sp³-hybridized carbons (Fsp3) is 0.0312. The standard InChI is InChI=1S/C32H22FN3O2S/c33-28-22-30-27(21-31(28)36(37)38)29(19-18-26-17-10-20-39-26)34-35(30)32(23-11-4-1-5-12-23,24-13-6-2-7-14-24)25-15-8-3-9-16-25/h1-22H. The van der Waals surface area contributed by atoms with Crippen molar-refractivity contribution in [3.63, 3.8) is 0 Å². The number of fused-ring (bicyclic) bond motifs is 1. The number of nitro groups is 1. The van der Waals surface area contributed by atoms with Crippen LogP contribution in [0.1, 0.15) is 27.3 Å². The third-order valence-corrected chi connectivity index (χ3v) is 7.65. The van der Waals surface area contributed by atoms with Gasteiger partial charge in [0, 0.05) is 22.4 Å². The van der Waals surface area contributed by atoms with Crippen molar-refractivity contribution in [2.24, 2.45) is 0 Å². The number of nitrogens with zero attached hydrogens (tertiary/aromatic N) is 3. The molecular weight excluding hydrogens is 509 g/mol. The number of nitro benzene ring substituents is 1. The molecule has 0 radical (unpaired) electrons. The van der Waals surface area contributed by atoms with Crippen LogP contribution >= 0.6 is 11.3 Å². The molecule has 0 N–H and O–H groups in total. The number of benzene rings is 4. The van der Waals surface area contributed by atoms with Crippen LogP contribution in [0.4, 0.5) is 10.1 Å². The van der Waals surface area contributed by atoms with Crippen molar-refractivity contribution in [3.05, 3.63) is 164 Å². The number of rotatable bonds is 7. The Kier molecular flexibility index (Phi) is 6.34. The average Bonchev–Trinajstić information content (AvgIpc) is 3.62. The van der Waals surface area contributed by atoms with Crippen LogP contribution in [0.2, 0.25) is 0 Å². The highest BCUT2D eigenvalue weighted by Gasteiger charge is 2.41. The van der Waals surface area contributed by atoms with E-state index in [1.807, 2.05) is 125 Å². The van der Waals surface area contributed by atoms with Gasteiger partial charge in [0.25, 0.3) is 0 Å². The maximum absolute atomic E-state index is 15.3. The van der Waals surface area contributed by atoms with Gasteiger partial charge in [-0.05, 0) is 40.3 Å². The quantitative estimate of drug-likeness (QED) is 0.119. The monoisotopic (exact) mass is 531 g/mol. The number of halogens is 1. The summed E-state index contributed by atoms with van der Waals surface area (Å²) in [4.78, 5) is 12.0. The van der Waals surface area contributed by atoms with Gasteiger partial charge in [-0.3, -0.25) is 10.1 Å². The number of thiophene rings is 1. The molecule has 0 bridgehead atoms. The van der Waals surface area contributed by atoms with Gasteiger partial charge in [-0.25, -0.2) is 4.68 Å². The molecule has 0 unspecified atom stereocenters. The molecule has 0 aliphatic heterocycles. The first kappa shape index (κ1) is 24.5. The third-order valence-electron chi connectivity index (χ3n) is 6.81. The lowest BCUT2D eigenvalue weighted by Gasteiger charge is -2.37. The van der Waals surface area contributed by atoms with E-state index in [1.54, 1.807) is 11.3 Å². The molecule has 5 nitrogen and oxygen atoms in total. The first-order valence-corrected chi connectivity index (χ1v) is 13.2. The van der Waals surface area contributed by atoms with Gasteiger partial charge in [0.1, 0.15) is 5.54 Å². The Bertz CT molecular complexity index is 1690. The van der Waals surface area contributed by atoms with E-state index in [9.17, 15) is 10.1 Å². The van der Waals surface area contributed by atoms with Gasteiger partial charge in [0.2, 0.25) is 5.82 Å². The van der Waals surface area contributed by atoms with Crippen molar-refractivity contribution in [1.82, 2.24) is 9.78 Å². The summed E-state index contributed by atoms with van der Waals surface area (Å²) in [5.74, 6) is -0.912. The zero-order valence-corrected chi connectivity index (χ0v) is 21.5. The van der Waals surface area contributed by atoms with Crippen LogP contribution in [0, 0.1) is 15.9 Å². The van der Waals surface area contributed by atoms with Crippen LogP contribution < -0.4 is 0 Å². The molecule has 2 heterocycles. The van der Waals surface area contributed by atoms with Gasteiger partial charge in [-0.1, -0.05) is 97.1 Å². The molecule has 0 fully saturated rings. The molecule has 2 aromatic heterocycles. The number of hydrogen-bond donors (Lipinski definition) is 0. The van der Waals surface area contributed by atoms with Gasteiger partial charge in [-0.15, -0.1) is 11.3 Å². The highest BCUT2D eigenvalue weighted by Crippen LogP contribution is 2.43. The Labute approximate surface area is 228 Å². The van der Waals surface area contributed by atoms with Crippen LogP contribution in [0.25, 0.3) is 23.1 Å². The smallest absolute Gasteiger partial charge is 0.258 e. The zero-order valence-electron chi connectivity index (χ0n) is 20.6. The molecule has 0 amide bonds. The normalized spacial score (nSPS) is 11.8. The molecule has 190 valence electrons. The van der Waals surface area contributed by atoms with Crippen molar-refractivity contribution >= 4 is 40.1 Å². The van der Waals surface area contributed by atoms with E-state index in [4.69, 9.17) is 5.10 Å². The SMILES string of the molecule is O=[N+]([O-])c1cc2c(C=Cc3cccs3)nn(C(c3ccccc3)(c3ccccc3)c3ccccc3)c2cc1F. The van der Waals surface area contributed by atoms with E-state index in [2.05, 4.69) is 0 Å². The van der Waals surface area contributed by atoms with Crippen molar-refractivity contribution in [1.29, 1.82) is 0 Å². The largest absolute Gasteiger partial charge is 0.305 e. The van der Waals surface area contributed by atoms with Crippen molar-refractivity contribution in [2.45, 2.75) is 5.54 Å². The number of aromatic nitrogens is 2. The summed E-state index contributed by atoms with van der Waals surface area (Å²) >= 11 is 1.57. The van der Waals surface area contributed by atoms with E-state index in [0.29, 0.717) is 16.6 Å². The molecule has 4 aromatic carbocycles. The maximum Gasteiger partial charge on any atom is 0.305 e. The molecule has 0 aliphatic carbocycles. The van der Waals surface area contributed by atoms with E-state index in [-0.39, 0.29) is 0 Å². The molecule has 7 heteroatoms. The second-order valence-electron chi connectivity index (χ2n) is 9.03. The fourth-order valence-electron chi connectivity index (χ4n) is 5.12.